The third-order valence-electron chi connectivity index (χ3n) is 5.68. The molecule has 33 heavy (non-hydrogen) atoms. The average Bonchev–Trinajstić information content (AvgIpc) is 2.79. The Bertz CT molecular complexity index is 852. The first-order valence-electron chi connectivity index (χ1n) is 11.7. The number of anilines is 2. The first kappa shape index (κ1) is 25.0. The van der Waals surface area contributed by atoms with E-state index in [1.165, 1.54) is 11.1 Å². The van der Waals surface area contributed by atoms with E-state index in [0.717, 1.165) is 63.7 Å². The zero-order valence-electron chi connectivity index (χ0n) is 20.3. The Labute approximate surface area is 198 Å². The number of ether oxygens (including phenoxy) is 1. The van der Waals surface area contributed by atoms with Crippen molar-refractivity contribution >= 4 is 17.3 Å². The second kappa shape index (κ2) is 11.5. The fraction of sp³-hybridized carbons (Fsp3) is 0.500. The first-order valence-corrected chi connectivity index (χ1v) is 11.7. The molecule has 0 saturated carbocycles. The van der Waals surface area contributed by atoms with E-state index < -0.39 is 5.60 Å². The lowest BCUT2D eigenvalue weighted by Crippen LogP contribution is -2.41. The van der Waals surface area contributed by atoms with Crippen molar-refractivity contribution in [2.24, 2.45) is 0 Å². The predicted molar refractivity (Wildman–Crippen MR) is 135 cm³/mol. The lowest BCUT2D eigenvalue weighted by atomic mass is 10.2. The highest BCUT2D eigenvalue weighted by atomic mass is 16.6. The maximum atomic E-state index is 12.5. The van der Waals surface area contributed by atoms with Gasteiger partial charge in [0.2, 0.25) is 0 Å². The molecule has 0 radical (unpaired) electrons. The van der Waals surface area contributed by atoms with E-state index in [4.69, 9.17) is 16.2 Å². The first-order chi connectivity index (χ1) is 15.7. The van der Waals surface area contributed by atoms with Gasteiger partial charge in [-0.05, 0) is 56.2 Å². The van der Waals surface area contributed by atoms with Crippen LogP contribution < -0.4 is 11.5 Å². The maximum Gasteiger partial charge on any atom is 0.320 e. The largest absolute Gasteiger partial charge is 0.459 e. The highest BCUT2D eigenvalue weighted by Crippen LogP contribution is 2.14. The van der Waals surface area contributed by atoms with Crippen molar-refractivity contribution in [3.8, 4) is 0 Å². The minimum Gasteiger partial charge on any atom is -0.459 e. The van der Waals surface area contributed by atoms with Crippen molar-refractivity contribution in [1.29, 1.82) is 0 Å². The van der Waals surface area contributed by atoms with Crippen LogP contribution >= 0.6 is 0 Å². The molecule has 1 heterocycles. The Morgan fingerprint density at radius 2 is 1.21 bits per heavy atom. The number of nitrogen functional groups attached to an aromatic ring is 2. The molecule has 2 aromatic rings. The molecule has 0 amide bonds. The number of rotatable bonds is 6. The fourth-order valence-corrected chi connectivity index (χ4v) is 4.11. The van der Waals surface area contributed by atoms with Crippen LogP contribution in [0.3, 0.4) is 0 Å². The van der Waals surface area contributed by atoms with Gasteiger partial charge < -0.3 is 16.2 Å². The molecule has 1 aliphatic heterocycles. The van der Waals surface area contributed by atoms with Crippen LogP contribution in [0.4, 0.5) is 11.4 Å². The summed E-state index contributed by atoms with van der Waals surface area (Å²) in [4.78, 5) is 19.6. The predicted octanol–water partition coefficient (Wildman–Crippen LogP) is 2.81. The van der Waals surface area contributed by atoms with Crippen molar-refractivity contribution in [2.75, 3.05) is 57.3 Å². The molecule has 0 bridgehead atoms. The summed E-state index contributed by atoms with van der Waals surface area (Å²) in [6.45, 7) is 13.0. The molecule has 1 fully saturated rings. The van der Waals surface area contributed by atoms with E-state index in [1.807, 2.05) is 57.2 Å². The number of carbonyl (C=O) groups excluding carboxylic acids is 1. The Kier molecular flexibility index (Phi) is 8.72. The SMILES string of the molecule is CC(C)(C)OC(=O)CN1CCN(Cc2cccc(N)c2)CCN(Cc2cccc(N)c2)CC1. The van der Waals surface area contributed by atoms with Gasteiger partial charge in [-0.25, -0.2) is 0 Å². The lowest BCUT2D eigenvalue weighted by molar-refractivity contribution is -0.156. The van der Waals surface area contributed by atoms with Crippen LogP contribution in [0.15, 0.2) is 48.5 Å². The highest BCUT2D eigenvalue weighted by Gasteiger charge is 2.22. The van der Waals surface area contributed by atoms with Gasteiger partial charge >= 0.3 is 5.97 Å². The summed E-state index contributed by atoms with van der Waals surface area (Å²) < 4.78 is 5.58. The molecule has 3 rings (SSSR count). The molecular formula is C26H39N5O2. The van der Waals surface area contributed by atoms with Crippen molar-refractivity contribution in [1.82, 2.24) is 14.7 Å². The molecule has 0 aromatic heterocycles. The Balaban J connectivity index is 1.70. The van der Waals surface area contributed by atoms with Crippen LogP contribution in [0.25, 0.3) is 0 Å². The summed E-state index contributed by atoms with van der Waals surface area (Å²) >= 11 is 0. The lowest BCUT2D eigenvalue weighted by Gasteiger charge is -2.27. The zero-order valence-corrected chi connectivity index (χ0v) is 20.3. The van der Waals surface area contributed by atoms with Gasteiger partial charge in [0.15, 0.2) is 0 Å². The van der Waals surface area contributed by atoms with Gasteiger partial charge in [0.05, 0.1) is 6.54 Å². The van der Waals surface area contributed by atoms with Crippen LogP contribution in [-0.2, 0) is 22.6 Å². The molecule has 0 spiro atoms. The maximum absolute atomic E-state index is 12.5. The Morgan fingerprint density at radius 3 is 1.61 bits per heavy atom. The molecule has 7 nitrogen and oxygen atoms in total. The third-order valence-corrected chi connectivity index (χ3v) is 5.68. The molecule has 0 aliphatic carbocycles. The molecular weight excluding hydrogens is 414 g/mol. The molecule has 0 unspecified atom stereocenters. The number of hydrogen-bond acceptors (Lipinski definition) is 7. The minimum atomic E-state index is -0.477. The summed E-state index contributed by atoms with van der Waals surface area (Å²) in [5.41, 5.74) is 15.5. The van der Waals surface area contributed by atoms with Crippen LogP contribution in [0, 0.1) is 0 Å². The molecule has 7 heteroatoms. The van der Waals surface area contributed by atoms with Gasteiger partial charge in [-0.1, -0.05) is 24.3 Å². The van der Waals surface area contributed by atoms with Crippen molar-refractivity contribution in [3.05, 3.63) is 59.7 Å². The zero-order chi connectivity index (χ0) is 23.8. The Morgan fingerprint density at radius 1 is 0.788 bits per heavy atom. The van der Waals surface area contributed by atoms with E-state index in [1.54, 1.807) is 0 Å². The molecule has 2 aromatic carbocycles. The monoisotopic (exact) mass is 453 g/mol. The summed E-state index contributed by atoms with van der Waals surface area (Å²) in [7, 11) is 0. The van der Waals surface area contributed by atoms with E-state index in [-0.39, 0.29) is 5.97 Å². The quantitative estimate of drug-likeness (QED) is 0.514. The van der Waals surface area contributed by atoms with E-state index >= 15 is 0 Å². The van der Waals surface area contributed by atoms with Crippen LogP contribution in [0.5, 0.6) is 0 Å². The summed E-state index contributed by atoms with van der Waals surface area (Å²) in [6.07, 6.45) is 0. The van der Waals surface area contributed by atoms with Crippen molar-refractivity contribution in [3.63, 3.8) is 0 Å². The van der Waals surface area contributed by atoms with Gasteiger partial charge in [0, 0.05) is 63.7 Å². The summed E-state index contributed by atoms with van der Waals surface area (Å²) in [5, 5.41) is 0. The number of nitrogens with zero attached hydrogens (tertiary/aromatic N) is 3. The fourth-order valence-electron chi connectivity index (χ4n) is 4.11. The molecule has 180 valence electrons. The second-order valence-electron chi connectivity index (χ2n) is 9.90. The van der Waals surface area contributed by atoms with Crippen LogP contribution in [0.2, 0.25) is 0 Å². The number of nitrogens with two attached hydrogens (primary N) is 2. The van der Waals surface area contributed by atoms with E-state index in [0.29, 0.717) is 6.54 Å². The van der Waals surface area contributed by atoms with E-state index in [9.17, 15) is 4.79 Å². The van der Waals surface area contributed by atoms with Crippen molar-refractivity contribution in [2.45, 2.75) is 39.5 Å². The topological polar surface area (TPSA) is 88.1 Å². The molecule has 1 saturated heterocycles. The summed E-state index contributed by atoms with van der Waals surface area (Å²) in [6, 6.07) is 16.1. The van der Waals surface area contributed by atoms with Gasteiger partial charge in [-0.2, -0.15) is 0 Å². The smallest absolute Gasteiger partial charge is 0.320 e. The number of carbonyl (C=O) groups is 1. The molecule has 0 atom stereocenters. The van der Waals surface area contributed by atoms with Crippen LogP contribution in [-0.4, -0.2) is 72.1 Å². The van der Waals surface area contributed by atoms with Crippen LogP contribution in [0.1, 0.15) is 31.9 Å². The van der Waals surface area contributed by atoms with E-state index in [2.05, 4.69) is 26.8 Å². The number of esters is 1. The van der Waals surface area contributed by atoms with Gasteiger partial charge in [0.25, 0.3) is 0 Å². The van der Waals surface area contributed by atoms with Gasteiger partial charge in [-0.15, -0.1) is 0 Å². The average molecular weight is 454 g/mol. The van der Waals surface area contributed by atoms with Gasteiger partial charge in [0.1, 0.15) is 5.60 Å². The minimum absolute atomic E-state index is 0.175. The molecule has 1 aliphatic rings. The highest BCUT2D eigenvalue weighted by molar-refractivity contribution is 5.72. The van der Waals surface area contributed by atoms with Gasteiger partial charge in [-0.3, -0.25) is 19.5 Å². The number of benzene rings is 2. The normalized spacial score (nSPS) is 17.2. The standard InChI is InChI=1S/C26H39N5O2/c1-26(2,3)33-25(32)20-31-14-12-29(18-21-6-4-8-23(27)16-21)10-11-30(13-15-31)19-22-7-5-9-24(28)17-22/h4-9,16-17H,10-15,18-20,27-28H2,1-3H3. The number of hydrogen-bond donors (Lipinski definition) is 2. The van der Waals surface area contributed by atoms with Crippen molar-refractivity contribution < 1.29 is 9.53 Å². The Hall–Kier alpha value is -2.61. The summed E-state index contributed by atoms with van der Waals surface area (Å²) in [5.74, 6) is -0.175. The molecule has 4 N–H and O–H groups in total. The third kappa shape index (κ3) is 9.04. The second-order valence-corrected chi connectivity index (χ2v) is 9.90.